The molecule has 1 saturated heterocycles. The zero-order valence-electron chi connectivity index (χ0n) is 11.1. The molecule has 106 valence electrons. The van der Waals surface area contributed by atoms with Crippen molar-refractivity contribution in [3.63, 3.8) is 0 Å². The van der Waals surface area contributed by atoms with Crippen LogP contribution in [0.3, 0.4) is 0 Å². The van der Waals surface area contributed by atoms with E-state index in [9.17, 15) is 8.42 Å². The van der Waals surface area contributed by atoms with E-state index in [4.69, 9.17) is 4.74 Å². The minimum atomic E-state index is -3.53. The van der Waals surface area contributed by atoms with E-state index >= 15 is 0 Å². The maximum Gasteiger partial charge on any atom is 0.240 e. The highest BCUT2D eigenvalue weighted by atomic mass is 32.2. The van der Waals surface area contributed by atoms with E-state index in [1.165, 1.54) is 18.3 Å². The smallest absolute Gasteiger partial charge is 0.240 e. The van der Waals surface area contributed by atoms with Gasteiger partial charge in [-0.25, -0.2) is 18.1 Å². The maximum atomic E-state index is 12.2. The fraction of sp³-hybridized carbons (Fsp3) is 0.583. The van der Waals surface area contributed by atoms with Crippen molar-refractivity contribution in [2.24, 2.45) is 0 Å². The summed E-state index contributed by atoms with van der Waals surface area (Å²) in [6, 6.07) is 2.97. The Morgan fingerprint density at radius 1 is 1.53 bits per heavy atom. The van der Waals surface area contributed by atoms with Crippen LogP contribution >= 0.6 is 0 Å². The van der Waals surface area contributed by atoms with Crippen molar-refractivity contribution in [1.82, 2.24) is 9.71 Å². The minimum absolute atomic E-state index is 0.202. The number of ether oxygens (including phenoxy) is 1. The van der Waals surface area contributed by atoms with Crippen LogP contribution in [0.5, 0.6) is 0 Å². The molecular formula is C12H19N3O3S. The molecule has 1 unspecified atom stereocenters. The Kier molecular flexibility index (Phi) is 4.07. The number of anilines is 1. The Balaban J connectivity index is 2.09. The van der Waals surface area contributed by atoms with Crippen molar-refractivity contribution in [2.75, 3.05) is 25.5 Å². The molecule has 0 aromatic carbocycles. The van der Waals surface area contributed by atoms with E-state index in [-0.39, 0.29) is 11.4 Å². The minimum Gasteiger partial charge on any atom is -0.374 e. The van der Waals surface area contributed by atoms with Gasteiger partial charge in [-0.3, -0.25) is 0 Å². The summed E-state index contributed by atoms with van der Waals surface area (Å²) >= 11 is 0. The number of hydrogen-bond donors (Lipinski definition) is 2. The topological polar surface area (TPSA) is 80.3 Å². The van der Waals surface area contributed by atoms with Crippen molar-refractivity contribution in [2.45, 2.75) is 30.3 Å². The Hall–Kier alpha value is -1.18. The molecule has 2 N–H and O–H groups in total. The number of sulfonamides is 1. The molecular weight excluding hydrogens is 266 g/mol. The lowest BCUT2D eigenvalue weighted by atomic mass is 10.0. The molecule has 1 aromatic heterocycles. The van der Waals surface area contributed by atoms with Gasteiger partial charge in [0.15, 0.2) is 0 Å². The second kappa shape index (κ2) is 5.44. The van der Waals surface area contributed by atoms with Gasteiger partial charge in [-0.1, -0.05) is 0 Å². The molecule has 0 saturated carbocycles. The van der Waals surface area contributed by atoms with E-state index in [2.05, 4.69) is 15.0 Å². The largest absolute Gasteiger partial charge is 0.374 e. The summed E-state index contributed by atoms with van der Waals surface area (Å²) in [7, 11) is -1.83. The van der Waals surface area contributed by atoms with Gasteiger partial charge in [-0.2, -0.15) is 0 Å². The van der Waals surface area contributed by atoms with Crippen LogP contribution in [-0.4, -0.2) is 39.2 Å². The highest BCUT2D eigenvalue weighted by Crippen LogP contribution is 2.24. The molecule has 0 spiro atoms. The lowest BCUT2D eigenvalue weighted by Crippen LogP contribution is -2.40. The molecule has 0 aliphatic carbocycles. The van der Waals surface area contributed by atoms with E-state index in [1.807, 2.05) is 6.92 Å². The van der Waals surface area contributed by atoms with Crippen molar-refractivity contribution >= 4 is 15.8 Å². The summed E-state index contributed by atoms with van der Waals surface area (Å²) in [5.41, 5.74) is -0.397. The van der Waals surface area contributed by atoms with Gasteiger partial charge in [-0.15, -0.1) is 0 Å². The second-order valence-corrected chi connectivity index (χ2v) is 6.62. The highest BCUT2D eigenvalue weighted by Gasteiger charge is 2.31. The zero-order valence-corrected chi connectivity index (χ0v) is 12.0. The van der Waals surface area contributed by atoms with Crippen LogP contribution in [0.1, 0.15) is 19.8 Å². The predicted molar refractivity (Wildman–Crippen MR) is 72.6 cm³/mol. The first-order valence-corrected chi connectivity index (χ1v) is 7.71. The number of nitrogens with zero attached hydrogens (tertiary/aromatic N) is 1. The third kappa shape index (κ3) is 3.43. The van der Waals surface area contributed by atoms with E-state index in [0.29, 0.717) is 12.4 Å². The second-order valence-electron chi connectivity index (χ2n) is 4.85. The number of rotatable bonds is 5. The summed E-state index contributed by atoms with van der Waals surface area (Å²) in [5, 5.41) is 2.82. The summed E-state index contributed by atoms with van der Waals surface area (Å²) in [6.07, 6.45) is 3.30. The lowest BCUT2D eigenvalue weighted by molar-refractivity contribution is 0.0250. The Morgan fingerprint density at radius 3 is 2.95 bits per heavy atom. The first-order chi connectivity index (χ1) is 8.95. The van der Waals surface area contributed by atoms with Gasteiger partial charge in [0.05, 0.1) is 10.5 Å². The van der Waals surface area contributed by atoms with E-state index < -0.39 is 15.6 Å². The number of pyridine rings is 1. The first-order valence-electron chi connectivity index (χ1n) is 6.23. The molecule has 1 aromatic rings. The Morgan fingerprint density at radius 2 is 2.32 bits per heavy atom. The molecule has 1 fully saturated rings. The number of hydrogen-bond acceptors (Lipinski definition) is 5. The number of aromatic nitrogens is 1. The van der Waals surface area contributed by atoms with Gasteiger partial charge in [0, 0.05) is 32.5 Å². The molecule has 1 aliphatic heterocycles. The van der Waals surface area contributed by atoms with Crippen molar-refractivity contribution in [1.29, 1.82) is 0 Å². The van der Waals surface area contributed by atoms with Gasteiger partial charge in [0.2, 0.25) is 10.0 Å². The predicted octanol–water partition coefficient (Wildman–Crippen LogP) is 0.971. The molecule has 6 nitrogen and oxygen atoms in total. The zero-order chi connectivity index (χ0) is 13.9. The van der Waals surface area contributed by atoms with Crippen LogP contribution in [0.2, 0.25) is 0 Å². The van der Waals surface area contributed by atoms with Crippen molar-refractivity contribution in [3.05, 3.63) is 18.3 Å². The maximum absolute atomic E-state index is 12.2. The van der Waals surface area contributed by atoms with Gasteiger partial charge in [0.25, 0.3) is 0 Å². The molecule has 1 aliphatic rings. The fourth-order valence-electron chi connectivity index (χ4n) is 2.02. The third-order valence-electron chi connectivity index (χ3n) is 3.23. The monoisotopic (exact) mass is 285 g/mol. The molecule has 2 heterocycles. The average Bonchev–Trinajstić information content (AvgIpc) is 2.84. The highest BCUT2D eigenvalue weighted by molar-refractivity contribution is 7.89. The van der Waals surface area contributed by atoms with Crippen LogP contribution in [-0.2, 0) is 14.8 Å². The molecule has 7 heteroatoms. The molecule has 1 atom stereocenters. The lowest BCUT2D eigenvalue weighted by Gasteiger charge is -2.23. The van der Waals surface area contributed by atoms with Gasteiger partial charge in [-0.05, 0) is 25.8 Å². The molecule has 0 radical (unpaired) electrons. The normalized spacial score (nSPS) is 23.5. The van der Waals surface area contributed by atoms with Gasteiger partial charge in [0.1, 0.15) is 5.82 Å². The van der Waals surface area contributed by atoms with Crippen molar-refractivity contribution < 1.29 is 13.2 Å². The fourth-order valence-corrected chi connectivity index (χ4v) is 3.19. The quantitative estimate of drug-likeness (QED) is 0.842. The van der Waals surface area contributed by atoms with Gasteiger partial charge >= 0.3 is 0 Å². The summed E-state index contributed by atoms with van der Waals surface area (Å²) < 4.78 is 32.5. The molecule has 0 amide bonds. The molecule has 19 heavy (non-hydrogen) atoms. The SMILES string of the molecule is CNc1cc(S(=O)(=O)NCC2(C)CCCO2)ccn1. The third-order valence-corrected chi connectivity index (χ3v) is 4.63. The average molecular weight is 285 g/mol. The number of nitrogens with one attached hydrogen (secondary N) is 2. The van der Waals surface area contributed by atoms with Crippen LogP contribution in [0.4, 0.5) is 5.82 Å². The first kappa shape index (κ1) is 14.2. The Bertz CT molecular complexity index is 539. The standard InChI is InChI=1S/C12H19N3O3S/c1-12(5-3-7-18-12)9-15-19(16,17)10-4-6-14-11(8-10)13-2/h4,6,8,15H,3,5,7,9H2,1-2H3,(H,13,14). The molecule has 0 bridgehead atoms. The van der Waals surface area contributed by atoms with Crippen LogP contribution < -0.4 is 10.0 Å². The van der Waals surface area contributed by atoms with E-state index in [1.54, 1.807) is 7.05 Å². The summed E-state index contributed by atoms with van der Waals surface area (Å²) in [4.78, 5) is 4.20. The van der Waals surface area contributed by atoms with Crippen LogP contribution in [0, 0.1) is 0 Å². The van der Waals surface area contributed by atoms with Crippen LogP contribution in [0.25, 0.3) is 0 Å². The molecule has 2 rings (SSSR count). The van der Waals surface area contributed by atoms with Gasteiger partial charge < -0.3 is 10.1 Å². The van der Waals surface area contributed by atoms with Crippen LogP contribution in [0.15, 0.2) is 23.2 Å². The summed E-state index contributed by atoms with van der Waals surface area (Å²) in [6.45, 7) is 2.90. The summed E-state index contributed by atoms with van der Waals surface area (Å²) in [5.74, 6) is 0.520. The van der Waals surface area contributed by atoms with E-state index in [0.717, 1.165) is 12.8 Å². The Labute approximate surface area is 113 Å². The van der Waals surface area contributed by atoms with Crippen molar-refractivity contribution in [3.8, 4) is 0 Å².